The summed E-state index contributed by atoms with van der Waals surface area (Å²) in [5, 5.41) is 23.5. The van der Waals surface area contributed by atoms with Crippen LogP contribution in [0.4, 0.5) is 0 Å². The molecule has 0 aromatic carbocycles. The average molecular weight is 687 g/mol. The lowest BCUT2D eigenvalue weighted by Gasteiger charge is -2.64. The smallest absolute Gasteiger partial charge is 0.239 e. The first-order valence-corrected chi connectivity index (χ1v) is 19.8. The lowest BCUT2D eigenvalue weighted by atomic mass is 9.41. The number of ether oxygens (including phenoxy) is 4. The van der Waals surface area contributed by atoms with Gasteiger partial charge in [-0.15, -0.1) is 0 Å². The number of morpholine rings is 1. The molecule has 0 aromatic rings. The van der Waals surface area contributed by atoms with Crippen LogP contribution in [0.15, 0.2) is 0 Å². The van der Waals surface area contributed by atoms with E-state index in [1.54, 1.807) is 21.0 Å². The largest absolute Gasteiger partial charge is 0.390 e. The summed E-state index contributed by atoms with van der Waals surface area (Å²) in [6.07, 6.45) is 8.37. The van der Waals surface area contributed by atoms with Crippen LogP contribution in [0.1, 0.15) is 106 Å². The maximum atomic E-state index is 12.8. The summed E-state index contributed by atoms with van der Waals surface area (Å²) in [6, 6.07) is -0.0421. The highest BCUT2D eigenvalue weighted by Gasteiger charge is 2.84. The molecule has 49 heavy (non-hydrogen) atoms. The number of hydrogen-bond donors (Lipinski definition) is 2. The Bertz CT molecular complexity index is 1320. The Kier molecular flexibility index (Phi) is 8.16. The average Bonchev–Trinajstić information content (AvgIpc) is 3.53. The number of aliphatic hydroxyl groups is 2. The van der Waals surface area contributed by atoms with Crippen LogP contribution in [0.5, 0.6) is 0 Å². The maximum absolute atomic E-state index is 12.8. The molecule has 0 aromatic heterocycles. The highest BCUT2D eigenvalue weighted by atomic mass is 16.7. The molecular weight excluding hydrogens is 620 g/mol. The SMILES string of the molecule is CO[C@@H]([C@H]1C[C@@H](C)[C@H]2[C@H](O1)[C@H](O)[C@@]1(C)[C@@H]3CC[C@H]4C(C)(C)[C@@H](O[C@H]5CN(C6CCN(C)C6=O)CCO5)CCC45CC35CC[C@]21C)C(C)(C)O. The number of carbonyl (C=O) groups excluding carboxylic acids is 1. The Hall–Kier alpha value is -0.810. The van der Waals surface area contributed by atoms with Gasteiger partial charge in [-0.3, -0.25) is 9.69 Å². The topological polar surface area (TPSA) is 101 Å². The van der Waals surface area contributed by atoms with Gasteiger partial charge in [0, 0.05) is 32.7 Å². The highest BCUT2D eigenvalue weighted by Crippen LogP contribution is 2.89. The van der Waals surface area contributed by atoms with Gasteiger partial charge in [-0.25, -0.2) is 0 Å². The van der Waals surface area contributed by atoms with Crippen LogP contribution < -0.4 is 0 Å². The molecule has 2 N–H and O–H groups in total. The molecule has 8 aliphatic rings. The molecule has 3 unspecified atom stereocenters. The van der Waals surface area contributed by atoms with Crippen molar-refractivity contribution in [2.45, 2.75) is 155 Å². The molecule has 5 saturated carbocycles. The fourth-order valence-corrected chi connectivity index (χ4v) is 15.0. The van der Waals surface area contributed by atoms with Crippen molar-refractivity contribution in [1.82, 2.24) is 9.80 Å². The van der Waals surface area contributed by atoms with E-state index in [1.165, 1.54) is 25.7 Å². The molecule has 8 rings (SSSR count). The van der Waals surface area contributed by atoms with Crippen LogP contribution >= 0.6 is 0 Å². The summed E-state index contributed by atoms with van der Waals surface area (Å²) in [5.74, 6) is 1.96. The number of likely N-dealkylation sites (N-methyl/N-ethyl adjacent to an activating group) is 1. The number of carbonyl (C=O) groups is 1. The molecule has 15 atom stereocenters. The normalized spacial score (nSPS) is 52.9. The zero-order chi connectivity index (χ0) is 35.1. The van der Waals surface area contributed by atoms with Gasteiger partial charge in [0.25, 0.3) is 0 Å². The van der Waals surface area contributed by atoms with Crippen molar-refractivity contribution in [3.8, 4) is 0 Å². The highest BCUT2D eigenvalue weighted by molar-refractivity contribution is 5.83. The number of hydrogen-bond acceptors (Lipinski definition) is 8. The molecule has 1 amide bonds. The van der Waals surface area contributed by atoms with E-state index < -0.39 is 17.8 Å². The van der Waals surface area contributed by atoms with Crippen molar-refractivity contribution in [3.05, 3.63) is 0 Å². The van der Waals surface area contributed by atoms with Crippen molar-refractivity contribution in [1.29, 1.82) is 0 Å². The summed E-state index contributed by atoms with van der Waals surface area (Å²) in [6.45, 7) is 18.7. The van der Waals surface area contributed by atoms with Crippen LogP contribution in [0.25, 0.3) is 0 Å². The van der Waals surface area contributed by atoms with Gasteiger partial charge in [-0.05, 0) is 117 Å². The first-order chi connectivity index (χ1) is 23.0. The van der Waals surface area contributed by atoms with Gasteiger partial charge in [0.15, 0.2) is 6.29 Å². The van der Waals surface area contributed by atoms with E-state index in [1.807, 2.05) is 11.9 Å². The van der Waals surface area contributed by atoms with Crippen molar-refractivity contribution in [2.75, 3.05) is 40.4 Å². The first-order valence-electron chi connectivity index (χ1n) is 19.8. The minimum absolute atomic E-state index is 0.000831. The van der Waals surface area contributed by atoms with E-state index in [0.717, 1.165) is 45.2 Å². The zero-order valence-electron chi connectivity index (χ0n) is 31.9. The number of amides is 1. The summed E-state index contributed by atoms with van der Waals surface area (Å²) < 4.78 is 25.9. The molecule has 278 valence electrons. The van der Waals surface area contributed by atoms with Crippen molar-refractivity contribution in [2.24, 2.45) is 50.7 Å². The number of methoxy groups -OCH3 is 1. The second-order valence-corrected chi connectivity index (χ2v) is 19.8. The summed E-state index contributed by atoms with van der Waals surface area (Å²) >= 11 is 0. The monoisotopic (exact) mass is 686 g/mol. The quantitative estimate of drug-likeness (QED) is 0.409. The minimum Gasteiger partial charge on any atom is -0.390 e. The molecule has 0 radical (unpaired) electrons. The third-order valence-electron chi connectivity index (χ3n) is 17.3. The van der Waals surface area contributed by atoms with Gasteiger partial charge in [-0.1, -0.05) is 34.6 Å². The van der Waals surface area contributed by atoms with Crippen molar-refractivity contribution >= 4 is 5.91 Å². The van der Waals surface area contributed by atoms with Crippen LogP contribution in [0.2, 0.25) is 0 Å². The number of nitrogens with zero attached hydrogens (tertiary/aromatic N) is 2. The van der Waals surface area contributed by atoms with E-state index in [-0.39, 0.29) is 58.2 Å². The second-order valence-electron chi connectivity index (χ2n) is 19.8. The lowest BCUT2D eigenvalue weighted by Crippen LogP contribution is -2.60. The Labute approximate surface area is 295 Å². The summed E-state index contributed by atoms with van der Waals surface area (Å²) in [7, 11) is 3.57. The van der Waals surface area contributed by atoms with Crippen LogP contribution in [-0.2, 0) is 23.7 Å². The third-order valence-corrected chi connectivity index (χ3v) is 17.3. The van der Waals surface area contributed by atoms with Gasteiger partial charge < -0.3 is 34.1 Å². The van der Waals surface area contributed by atoms with Gasteiger partial charge in [-0.2, -0.15) is 0 Å². The van der Waals surface area contributed by atoms with Gasteiger partial charge in [0.2, 0.25) is 5.91 Å². The van der Waals surface area contributed by atoms with E-state index in [0.29, 0.717) is 42.2 Å². The predicted octanol–water partition coefficient (Wildman–Crippen LogP) is 4.86. The molecule has 3 saturated heterocycles. The fourth-order valence-electron chi connectivity index (χ4n) is 15.0. The molecule has 5 aliphatic carbocycles. The zero-order valence-corrected chi connectivity index (χ0v) is 31.9. The van der Waals surface area contributed by atoms with E-state index in [9.17, 15) is 15.0 Å². The number of likely N-dealkylation sites (tertiary alicyclic amines) is 1. The fraction of sp³-hybridized carbons (Fsp3) is 0.975. The van der Waals surface area contributed by atoms with E-state index in [4.69, 9.17) is 18.9 Å². The lowest BCUT2D eigenvalue weighted by molar-refractivity contribution is -0.250. The molecule has 9 nitrogen and oxygen atoms in total. The summed E-state index contributed by atoms with van der Waals surface area (Å²) in [5.41, 5.74) is -0.641. The third kappa shape index (κ3) is 4.64. The Morgan fingerprint density at radius 1 is 1.00 bits per heavy atom. The van der Waals surface area contributed by atoms with Crippen LogP contribution in [0.3, 0.4) is 0 Å². The van der Waals surface area contributed by atoms with E-state index in [2.05, 4.69) is 39.5 Å². The molecule has 9 heteroatoms. The molecule has 3 aliphatic heterocycles. The molecular formula is C40H66N2O7. The predicted molar refractivity (Wildman–Crippen MR) is 185 cm³/mol. The maximum Gasteiger partial charge on any atom is 0.239 e. The van der Waals surface area contributed by atoms with Gasteiger partial charge in [0.05, 0.1) is 49.2 Å². The van der Waals surface area contributed by atoms with Crippen LogP contribution in [-0.4, -0.2) is 115 Å². The second kappa shape index (κ2) is 11.3. The van der Waals surface area contributed by atoms with Crippen molar-refractivity contribution < 1.29 is 34.0 Å². The standard InChI is InChI=1S/C40H66N2O7/c1-23-20-25(33(46-9)36(4,5)45)48-31-30(23)37(6)15-16-40-22-39(40)14-12-28(35(2,3)26(39)10-11-27(40)38(37,7)32(31)43)49-29-21-42(18-19-47-29)24-13-17-41(8)34(24)44/h23-33,43,45H,10-22H2,1-9H3/t23-,24?,25-,26+,27+,28+,29+,30+,31+,32+,33+,37-,38-,39?,40?/m1/s1. The van der Waals surface area contributed by atoms with Crippen LogP contribution in [0, 0.1) is 50.7 Å². The Balaban J connectivity index is 1.01. The van der Waals surface area contributed by atoms with Gasteiger partial charge >= 0.3 is 0 Å². The Morgan fingerprint density at radius 2 is 1.71 bits per heavy atom. The molecule has 3 heterocycles. The molecule has 8 fully saturated rings. The Morgan fingerprint density at radius 3 is 2.39 bits per heavy atom. The van der Waals surface area contributed by atoms with Gasteiger partial charge in [0.1, 0.15) is 6.10 Å². The molecule has 0 bridgehead atoms. The number of fused-ring (bicyclic) bond motifs is 4. The first kappa shape index (κ1) is 35.2. The van der Waals surface area contributed by atoms with E-state index >= 15 is 0 Å². The summed E-state index contributed by atoms with van der Waals surface area (Å²) in [4.78, 5) is 16.9. The minimum atomic E-state index is -1.02. The van der Waals surface area contributed by atoms with Crippen molar-refractivity contribution in [3.63, 3.8) is 0 Å². The number of rotatable bonds is 6. The molecule has 2 spiro atoms. The number of aliphatic hydroxyl groups excluding tert-OH is 1.